The molecule has 26 heavy (non-hydrogen) atoms. The topological polar surface area (TPSA) is 81.7 Å². The van der Waals surface area contributed by atoms with Crippen LogP contribution in [0.4, 0.5) is 5.69 Å². The maximum atomic E-state index is 12.7. The number of anilines is 1. The second-order valence-electron chi connectivity index (χ2n) is 7.03. The number of carbonyl (C=O) groups excluding carboxylic acids is 1. The zero-order chi connectivity index (χ0) is 19.4. The summed E-state index contributed by atoms with van der Waals surface area (Å²) in [5.74, 6) is -0.995. The monoisotopic (exact) mass is 377 g/mol. The van der Waals surface area contributed by atoms with Gasteiger partial charge >= 0.3 is 5.97 Å². The van der Waals surface area contributed by atoms with Crippen LogP contribution in [0.1, 0.15) is 35.5 Å². The van der Waals surface area contributed by atoms with E-state index in [0.717, 1.165) is 22.2 Å². The molecule has 0 radical (unpaired) electrons. The molecule has 7 heteroatoms. The molecular formula is C19H27N3O3S. The van der Waals surface area contributed by atoms with Gasteiger partial charge < -0.3 is 20.6 Å². The molecule has 1 aromatic heterocycles. The van der Waals surface area contributed by atoms with E-state index in [9.17, 15) is 14.7 Å². The van der Waals surface area contributed by atoms with Gasteiger partial charge in [-0.2, -0.15) is 0 Å². The molecule has 0 aliphatic heterocycles. The van der Waals surface area contributed by atoms with Crippen molar-refractivity contribution in [3.8, 4) is 0 Å². The predicted molar refractivity (Wildman–Crippen MR) is 107 cm³/mol. The lowest BCUT2D eigenvalue weighted by Gasteiger charge is -2.22. The minimum absolute atomic E-state index is 0.0776. The van der Waals surface area contributed by atoms with Gasteiger partial charge in [0.1, 0.15) is 4.88 Å². The van der Waals surface area contributed by atoms with Crippen LogP contribution in [0.2, 0.25) is 0 Å². The van der Waals surface area contributed by atoms with Gasteiger partial charge in [-0.15, -0.1) is 11.3 Å². The Hall–Kier alpha value is -1.96. The van der Waals surface area contributed by atoms with E-state index in [1.807, 2.05) is 46.1 Å². The van der Waals surface area contributed by atoms with Crippen molar-refractivity contribution < 1.29 is 14.7 Å². The van der Waals surface area contributed by atoms with Crippen LogP contribution in [0, 0.1) is 6.92 Å². The highest BCUT2D eigenvalue weighted by Crippen LogP contribution is 2.32. The standard InChI is InChI=1S/C19H27N3O3S/c1-11(2)20-15(8-9-22(4)5)18(23)21-13-6-7-16-14(10-13)12(3)17(26-16)19(24)25/h6-7,10-11,15,20H,8-9H2,1-5H3,(H,21,23)(H,24,25). The Morgan fingerprint density at radius 3 is 2.54 bits per heavy atom. The predicted octanol–water partition coefficient (Wildman–Crippen LogP) is 3.16. The Balaban J connectivity index is 2.20. The minimum Gasteiger partial charge on any atom is -0.477 e. The third kappa shape index (κ3) is 5.03. The molecule has 0 fully saturated rings. The van der Waals surface area contributed by atoms with Crippen molar-refractivity contribution in [3.05, 3.63) is 28.6 Å². The highest BCUT2D eigenvalue weighted by atomic mass is 32.1. The van der Waals surface area contributed by atoms with Crippen LogP contribution < -0.4 is 10.6 Å². The first-order valence-corrected chi connectivity index (χ1v) is 9.48. The Morgan fingerprint density at radius 1 is 1.27 bits per heavy atom. The third-order valence-corrected chi connectivity index (χ3v) is 5.37. The molecule has 1 heterocycles. The summed E-state index contributed by atoms with van der Waals surface area (Å²) in [7, 11) is 3.97. The Labute approximate surface area is 158 Å². The molecule has 0 aliphatic rings. The number of carboxylic acids is 1. The second kappa shape index (κ2) is 8.62. The molecule has 2 rings (SSSR count). The number of aromatic carboxylic acids is 1. The summed E-state index contributed by atoms with van der Waals surface area (Å²) in [4.78, 5) is 26.4. The van der Waals surface area contributed by atoms with Crippen LogP contribution in [0.3, 0.4) is 0 Å². The van der Waals surface area contributed by atoms with Crippen molar-refractivity contribution in [2.45, 2.75) is 39.3 Å². The first-order valence-electron chi connectivity index (χ1n) is 8.67. The third-order valence-electron chi connectivity index (χ3n) is 4.11. The Morgan fingerprint density at radius 2 is 1.96 bits per heavy atom. The van der Waals surface area contributed by atoms with Crippen LogP contribution in [0.5, 0.6) is 0 Å². The molecule has 1 atom stereocenters. The van der Waals surface area contributed by atoms with Crippen molar-refractivity contribution in [2.24, 2.45) is 0 Å². The maximum absolute atomic E-state index is 12.7. The van der Waals surface area contributed by atoms with Crippen molar-refractivity contribution in [2.75, 3.05) is 26.0 Å². The molecule has 1 unspecified atom stereocenters. The molecular weight excluding hydrogens is 350 g/mol. The molecule has 142 valence electrons. The summed E-state index contributed by atoms with van der Waals surface area (Å²) in [5, 5.41) is 16.4. The van der Waals surface area contributed by atoms with Crippen LogP contribution in [-0.4, -0.2) is 54.6 Å². The van der Waals surface area contributed by atoms with E-state index in [4.69, 9.17) is 0 Å². The summed E-state index contributed by atoms with van der Waals surface area (Å²) in [6, 6.07) is 5.45. The number of rotatable bonds is 8. The van der Waals surface area contributed by atoms with E-state index in [2.05, 4.69) is 15.5 Å². The largest absolute Gasteiger partial charge is 0.477 e. The maximum Gasteiger partial charge on any atom is 0.346 e. The van der Waals surface area contributed by atoms with Gasteiger partial charge in [-0.1, -0.05) is 13.8 Å². The quantitative estimate of drug-likeness (QED) is 0.658. The highest BCUT2D eigenvalue weighted by Gasteiger charge is 2.20. The smallest absolute Gasteiger partial charge is 0.346 e. The lowest BCUT2D eigenvalue weighted by molar-refractivity contribution is -0.118. The number of nitrogens with one attached hydrogen (secondary N) is 2. The van der Waals surface area contributed by atoms with Gasteiger partial charge in [0, 0.05) is 16.4 Å². The van der Waals surface area contributed by atoms with E-state index < -0.39 is 5.97 Å². The lowest BCUT2D eigenvalue weighted by atomic mass is 10.1. The molecule has 0 aliphatic carbocycles. The van der Waals surface area contributed by atoms with Crippen molar-refractivity contribution in [3.63, 3.8) is 0 Å². The van der Waals surface area contributed by atoms with Gasteiger partial charge in [0.2, 0.25) is 5.91 Å². The normalized spacial score (nSPS) is 12.7. The fourth-order valence-electron chi connectivity index (χ4n) is 2.81. The SMILES string of the molecule is Cc1c(C(=O)O)sc2ccc(NC(=O)C(CCN(C)C)NC(C)C)cc12. The minimum atomic E-state index is -0.917. The van der Waals surface area contributed by atoms with Crippen molar-refractivity contribution >= 4 is 39.0 Å². The number of carboxylic acid groups (broad SMARTS) is 1. The molecule has 6 nitrogen and oxygen atoms in total. The molecule has 0 saturated carbocycles. The summed E-state index contributed by atoms with van der Waals surface area (Å²) < 4.78 is 0.905. The highest BCUT2D eigenvalue weighted by molar-refractivity contribution is 7.21. The van der Waals surface area contributed by atoms with Crippen LogP contribution >= 0.6 is 11.3 Å². The fraction of sp³-hybridized carbons (Fsp3) is 0.474. The average molecular weight is 378 g/mol. The van der Waals surface area contributed by atoms with Gasteiger partial charge in [-0.3, -0.25) is 4.79 Å². The summed E-state index contributed by atoms with van der Waals surface area (Å²) >= 11 is 1.26. The van der Waals surface area contributed by atoms with Crippen LogP contribution in [0.15, 0.2) is 18.2 Å². The number of aryl methyl sites for hydroxylation is 1. The molecule has 1 amide bonds. The van der Waals surface area contributed by atoms with E-state index >= 15 is 0 Å². The zero-order valence-electron chi connectivity index (χ0n) is 15.9. The van der Waals surface area contributed by atoms with Gasteiger partial charge in [-0.25, -0.2) is 4.79 Å². The summed E-state index contributed by atoms with van der Waals surface area (Å²) in [6.45, 7) is 6.64. The molecule has 0 spiro atoms. The van der Waals surface area contributed by atoms with Gasteiger partial charge in [-0.05, 0) is 63.1 Å². The molecule has 2 aromatic rings. The number of amides is 1. The van der Waals surface area contributed by atoms with Gasteiger partial charge in [0.05, 0.1) is 6.04 Å². The number of carbonyl (C=O) groups is 2. The number of fused-ring (bicyclic) bond motifs is 1. The second-order valence-corrected chi connectivity index (χ2v) is 8.08. The molecule has 0 saturated heterocycles. The number of benzene rings is 1. The van der Waals surface area contributed by atoms with Crippen molar-refractivity contribution in [1.82, 2.24) is 10.2 Å². The lowest BCUT2D eigenvalue weighted by Crippen LogP contribution is -2.45. The van der Waals surface area contributed by atoms with E-state index in [0.29, 0.717) is 17.0 Å². The molecule has 0 bridgehead atoms. The number of hydrogen-bond acceptors (Lipinski definition) is 5. The first kappa shape index (κ1) is 20.4. The van der Waals surface area contributed by atoms with E-state index in [1.165, 1.54) is 11.3 Å². The van der Waals surface area contributed by atoms with E-state index in [-0.39, 0.29) is 18.0 Å². The number of nitrogens with zero attached hydrogens (tertiary/aromatic N) is 1. The van der Waals surface area contributed by atoms with Crippen LogP contribution in [0.25, 0.3) is 10.1 Å². The van der Waals surface area contributed by atoms with Crippen molar-refractivity contribution in [1.29, 1.82) is 0 Å². The average Bonchev–Trinajstić information content (AvgIpc) is 2.88. The Bertz CT molecular complexity index is 799. The summed E-state index contributed by atoms with van der Waals surface area (Å²) in [5.41, 5.74) is 1.42. The first-order chi connectivity index (χ1) is 12.2. The zero-order valence-corrected chi connectivity index (χ0v) is 16.7. The van der Waals surface area contributed by atoms with Gasteiger partial charge in [0.25, 0.3) is 0 Å². The summed E-state index contributed by atoms with van der Waals surface area (Å²) in [6.07, 6.45) is 0.708. The van der Waals surface area contributed by atoms with Gasteiger partial charge in [0.15, 0.2) is 0 Å². The molecule has 1 aromatic carbocycles. The number of thiophene rings is 1. The van der Waals surface area contributed by atoms with E-state index in [1.54, 1.807) is 6.92 Å². The number of hydrogen-bond donors (Lipinski definition) is 3. The molecule has 3 N–H and O–H groups in total. The fourth-order valence-corrected chi connectivity index (χ4v) is 3.84. The Kier molecular flexibility index (Phi) is 6.75. The van der Waals surface area contributed by atoms with Crippen LogP contribution in [-0.2, 0) is 4.79 Å².